The number of carbonyl (C=O) groups is 2. The lowest BCUT2D eigenvalue weighted by Crippen LogP contribution is -2.46. The van der Waals surface area contributed by atoms with E-state index in [0.29, 0.717) is 35.9 Å². The standard InChI is InChI=1S/C23H24N4O5S2/c1-34(30,31)25-18-9-11-19(12-10-18)27(22-24-13-15-33-22)21(28)20-8-5-14-26(20)23(29)32-16-17-6-3-2-4-7-17/h2-4,6-7,9-13,15,20,25H,5,8,14,16H2,1H3. The Hall–Kier alpha value is -3.44. The summed E-state index contributed by atoms with van der Waals surface area (Å²) in [7, 11) is -3.42. The van der Waals surface area contributed by atoms with E-state index in [0.717, 1.165) is 11.8 Å². The van der Waals surface area contributed by atoms with Gasteiger partial charge < -0.3 is 4.74 Å². The van der Waals surface area contributed by atoms with Crippen molar-refractivity contribution < 1.29 is 22.7 Å². The fourth-order valence-electron chi connectivity index (χ4n) is 3.74. The zero-order valence-corrected chi connectivity index (χ0v) is 20.1. The molecule has 0 aliphatic carbocycles. The highest BCUT2D eigenvalue weighted by atomic mass is 32.2. The first kappa shape index (κ1) is 23.7. The van der Waals surface area contributed by atoms with Crippen LogP contribution in [-0.2, 0) is 26.2 Å². The van der Waals surface area contributed by atoms with Crippen LogP contribution < -0.4 is 9.62 Å². The smallest absolute Gasteiger partial charge is 0.410 e. The third kappa shape index (κ3) is 5.72. The zero-order chi connectivity index (χ0) is 24.1. The first-order valence-electron chi connectivity index (χ1n) is 10.6. The van der Waals surface area contributed by atoms with Gasteiger partial charge >= 0.3 is 6.09 Å². The number of benzene rings is 2. The number of carbonyl (C=O) groups excluding carboxylic acids is 2. The molecule has 34 heavy (non-hydrogen) atoms. The maximum Gasteiger partial charge on any atom is 0.410 e. The number of likely N-dealkylation sites (tertiary alicyclic amines) is 1. The Balaban J connectivity index is 1.53. The molecule has 1 aliphatic rings. The van der Waals surface area contributed by atoms with Gasteiger partial charge in [-0.3, -0.25) is 19.3 Å². The van der Waals surface area contributed by atoms with E-state index < -0.39 is 22.2 Å². The Labute approximate surface area is 202 Å². The van der Waals surface area contributed by atoms with Crippen LogP contribution in [-0.4, -0.2) is 49.1 Å². The van der Waals surface area contributed by atoms with Crippen LogP contribution in [0.15, 0.2) is 66.2 Å². The number of sulfonamides is 1. The van der Waals surface area contributed by atoms with Crippen LogP contribution in [0.2, 0.25) is 0 Å². The summed E-state index contributed by atoms with van der Waals surface area (Å²) < 4.78 is 30.9. The number of ether oxygens (including phenoxy) is 1. The molecular formula is C23H24N4O5S2. The van der Waals surface area contributed by atoms with Crippen LogP contribution in [0.25, 0.3) is 0 Å². The predicted octanol–water partition coefficient (Wildman–Crippen LogP) is 3.98. The highest BCUT2D eigenvalue weighted by Gasteiger charge is 2.39. The average Bonchev–Trinajstić information content (AvgIpc) is 3.51. The monoisotopic (exact) mass is 500 g/mol. The van der Waals surface area contributed by atoms with Gasteiger partial charge in [-0.15, -0.1) is 11.3 Å². The lowest BCUT2D eigenvalue weighted by Gasteiger charge is -2.28. The maximum atomic E-state index is 13.7. The van der Waals surface area contributed by atoms with Gasteiger partial charge in [0.1, 0.15) is 12.6 Å². The van der Waals surface area contributed by atoms with Crippen LogP contribution >= 0.6 is 11.3 Å². The van der Waals surface area contributed by atoms with Crippen LogP contribution in [0.3, 0.4) is 0 Å². The molecule has 1 atom stereocenters. The fourth-order valence-corrected chi connectivity index (χ4v) is 4.97. The molecule has 2 heterocycles. The molecule has 2 aromatic carbocycles. The van der Waals surface area contributed by atoms with E-state index in [4.69, 9.17) is 4.74 Å². The summed E-state index contributed by atoms with van der Waals surface area (Å²) in [6.07, 6.45) is 3.32. The van der Waals surface area contributed by atoms with Crippen LogP contribution in [0.4, 0.5) is 21.3 Å². The Morgan fingerprint density at radius 3 is 2.56 bits per heavy atom. The highest BCUT2D eigenvalue weighted by molar-refractivity contribution is 7.92. The molecule has 9 nitrogen and oxygen atoms in total. The summed E-state index contributed by atoms with van der Waals surface area (Å²) in [5.41, 5.74) is 1.76. The molecule has 0 saturated carbocycles. The van der Waals surface area contributed by atoms with Gasteiger partial charge in [0, 0.05) is 23.8 Å². The molecule has 1 unspecified atom stereocenters. The van der Waals surface area contributed by atoms with Crippen molar-refractivity contribution in [2.24, 2.45) is 0 Å². The van der Waals surface area contributed by atoms with E-state index in [1.165, 1.54) is 21.1 Å². The minimum absolute atomic E-state index is 0.127. The Kier molecular flexibility index (Phi) is 7.13. The summed E-state index contributed by atoms with van der Waals surface area (Å²) in [6.45, 7) is 0.551. The molecule has 1 saturated heterocycles. The van der Waals surface area contributed by atoms with Crippen molar-refractivity contribution in [2.75, 3.05) is 22.4 Å². The van der Waals surface area contributed by atoms with Crippen molar-refractivity contribution in [2.45, 2.75) is 25.5 Å². The molecule has 2 amide bonds. The number of amides is 2. The summed E-state index contributed by atoms with van der Waals surface area (Å²) >= 11 is 1.29. The minimum Gasteiger partial charge on any atom is -0.445 e. The molecule has 3 aromatic rings. The molecule has 0 bridgehead atoms. The van der Waals surface area contributed by atoms with Crippen LogP contribution in [0.5, 0.6) is 0 Å². The van der Waals surface area contributed by atoms with Gasteiger partial charge in [0.15, 0.2) is 5.13 Å². The fraction of sp³-hybridized carbons (Fsp3) is 0.261. The minimum atomic E-state index is -3.42. The van der Waals surface area contributed by atoms with Crippen molar-refractivity contribution in [3.63, 3.8) is 0 Å². The van der Waals surface area contributed by atoms with Gasteiger partial charge in [0.2, 0.25) is 10.0 Å². The van der Waals surface area contributed by atoms with Crippen LogP contribution in [0.1, 0.15) is 18.4 Å². The summed E-state index contributed by atoms with van der Waals surface area (Å²) in [6, 6.07) is 15.1. The maximum absolute atomic E-state index is 13.7. The third-order valence-corrected chi connectivity index (χ3v) is 6.60. The summed E-state index contributed by atoms with van der Waals surface area (Å²) in [5.74, 6) is -0.298. The molecule has 4 rings (SSSR count). The van der Waals surface area contributed by atoms with E-state index in [9.17, 15) is 18.0 Å². The Bertz CT molecular complexity index is 1230. The predicted molar refractivity (Wildman–Crippen MR) is 131 cm³/mol. The third-order valence-electron chi connectivity index (χ3n) is 5.24. The zero-order valence-electron chi connectivity index (χ0n) is 18.5. The van der Waals surface area contributed by atoms with E-state index >= 15 is 0 Å². The molecule has 178 valence electrons. The number of aromatic nitrogens is 1. The second kappa shape index (κ2) is 10.2. The first-order chi connectivity index (χ1) is 16.3. The molecule has 1 aliphatic heterocycles. The van der Waals surface area contributed by atoms with Gasteiger partial charge in [-0.05, 0) is 42.7 Å². The van der Waals surface area contributed by atoms with E-state index in [1.54, 1.807) is 35.8 Å². The second-order valence-corrected chi connectivity index (χ2v) is 10.4. The lowest BCUT2D eigenvalue weighted by atomic mass is 10.1. The molecule has 1 fully saturated rings. The van der Waals surface area contributed by atoms with Crippen molar-refractivity contribution in [1.82, 2.24) is 9.88 Å². The highest BCUT2D eigenvalue weighted by Crippen LogP contribution is 2.32. The van der Waals surface area contributed by atoms with Gasteiger partial charge in [0.25, 0.3) is 5.91 Å². The molecule has 0 radical (unpaired) electrons. The number of anilines is 3. The number of hydrogen-bond acceptors (Lipinski definition) is 7. The number of rotatable bonds is 7. The van der Waals surface area contributed by atoms with E-state index in [1.807, 2.05) is 30.3 Å². The van der Waals surface area contributed by atoms with Crippen molar-refractivity contribution >= 4 is 49.9 Å². The molecule has 1 N–H and O–H groups in total. The topological polar surface area (TPSA) is 109 Å². The van der Waals surface area contributed by atoms with Gasteiger partial charge in [-0.2, -0.15) is 0 Å². The van der Waals surface area contributed by atoms with Crippen molar-refractivity contribution in [3.8, 4) is 0 Å². The first-order valence-corrected chi connectivity index (χ1v) is 13.4. The largest absolute Gasteiger partial charge is 0.445 e. The molecule has 11 heteroatoms. The van der Waals surface area contributed by atoms with Crippen LogP contribution in [0, 0.1) is 0 Å². The Morgan fingerprint density at radius 1 is 1.18 bits per heavy atom. The van der Waals surface area contributed by atoms with Crippen molar-refractivity contribution in [1.29, 1.82) is 0 Å². The van der Waals surface area contributed by atoms with Crippen molar-refractivity contribution in [3.05, 3.63) is 71.7 Å². The SMILES string of the molecule is CS(=O)(=O)Nc1ccc(N(C(=O)C2CCCN2C(=O)OCc2ccccc2)c2nccs2)cc1. The number of nitrogens with zero attached hydrogens (tertiary/aromatic N) is 3. The number of hydrogen-bond donors (Lipinski definition) is 1. The molecule has 0 spiro atoms. The second-order valence-electron chi connectivity index (χ2n) is 7.80. The van der Waals surface area contributed by atoms with Gasteiger partial charge in [-0.1, -0.05) is 30.3 Å². The lowest BCUT2D eigenvalue weighted by molar-refractivity contribution is -0.121. The average molecular weight is 501 g/mol. The molecule has 1 aromatic heterocycles. The normalized spacial score (nSPS) is 15.7. The summed E-state index contributed by atoms with van der Waals surface area (Å²) in [4.78, 5) is 33.7. The molecular weight excluding hydrogens is 476 g/mol. The summed E-state index contributed by atoms with van der Waals surface area (Å²) in [5, 5.41) is 2.22. The Morgan fingerprint density at radius 2 is 1.91 bits per heavy atom. The number of nitrogens with one attached hydrogen (secondary N) is 1. The quantitative estimate of drug-likeness (QED) is 0.526. The van der Waals surface area contributed by atoms with Gasteiger partial charge in [0.05, 0.1) is 11.9 Å². The van der Waals surface area contributed by atoms with Gasteiger partial charge in [-0.25, -0.2) is 18.2 Å². The van der Waals surface area contributed by atoms with E-state index in [2.05, 4.69) is 9.71 Å². The van der Waals surface area contributed by atoms with E-state index in [-0.39, 0.29) is 12.5 Å². The number of thiazole rings is 1.